The van der Waals surface area contributed by atoms with Crippen molar-refractivity contribution in [3.63, 3.8) is 0 Å². The van der Waals surface area contributed by atoms with Crippen molar-refractivity contribution in [2.45, 2.75) is 46.1 Å². The average Bonchev–Trinajstić information content (AvgIpc) is 2.62. The Morgan fingerprint density at radius 1 is 1.31 bits per heavy atom. The van der Waals surface area contributed by atoms with Crippen LogP contribution in [0.4, 0.5) is 0 Å². The molecule has 0 aromatic heterocycles. The third-order valence-electron chi connectivity index (χ3n) is 4.81. The van der Waals surface area contributed by atoms with Crippen molar-refractivity contribution in [3.8, 4) is 5.75 Å². The highest BCUT2D eigenvalue weighted by atomic mass is 32.2. The maximum absolute atomic E-state index is 12.4. The third kappa shape index (κ3) is 5.32. The Balaban J connectivity index is 1.88. The number of aryl methyl sites for hydroxylation is 3. The average molecular weight is 381 g/mol. The maximum Gasteiger partial charge on any atom is 0.260 e. The smallest absolute Gasteiger partial charge is 0.260 e. The van der Waals surface area contributed by atoms with Crippen molar-refractivity contribution in [1.82, 2.24) is 9.62 Å². The summed E-state index contributed by atoms with van der Waals surface area (Å²) in [7, 11) is -3.43. The molecule has 0 spiro atoms. The molecular weight excluding hydrogens is 352 g/mol. The zero-order valence-corrected chi connectivity index (χ0v) is 16.6. The van der Waals surface area contributed by atoms with Crippen LogP contribution in [0.3, 0.4) is 0 Å². The van der Waals surface area contributed by atoms with E-state index in [1.165, 1.54) is 5.56 Å². The molecule has 0 unspecified atom stereocenters. The first-order valence-electron chi connectivity index (χ1n) is 8.91. The van der Waals surface area contributed by atoms with Gasteiger partial charge < -0.3 is 9.64 Å². The van der Waals surface area contributed by atoms with Crippen molar-refractivity contribution in [3.05, 3.63) is 40.8 Å². The van der Waals surface area contributed by atoms with Crippen LogP contribution in [0, 0.1) is 13.8 Å². The number of hydrogen-bond acceptors (Lipinski definition) is 4. The number of piperidine rings is 1. The van der Waals surface area contributed by atoms with Gasteiger partial charge in [-0.15, -0.1) is 0 Å². The first-order chi connectivity index (χ1) is 12.3. The summed E-state index contributed by atoms with van der Waals surface area (Å²) < 4.78 is 31.4. The second-order valence-corrected chi connectivity index (χ2v) is 8.33. The normalized spacial score (nSPS) is 15.7. The number of likely N-dealkylation sites (tertiary alicyclic amines) is 1. The molecule has 0 bridgehead atoms. The molecule has 0 atom stereocenters. The number of nitrogens with zero attached hydrogens (tertiary/aromatic N) is 1. The van der Waals surface area contributed by atoms with Crippen LogP contribution < -0.4 is 9.46 Å². The Labute approximate surface area is 156 Å². The van der Waals surface area contributed by atoms with E-state index in [1.807, 2.05) is 13.0 Å². The van der Waals surface area contributed by atoms with E-state index in [0.29, 0.717) is 25.9 Å². The monoisotopic (exact) mass is 380 g/mol. The highest BCUT2D eigenvalue weighted by molar-refractivity contribution is 7.92. The number of sulfonamides is 1. The fourth-order valence-corrected chi connectivity index (χ4v) is 3.81. The number of amides is 1. The molecule has 1 saturated heterocycles. The standard InChI is InChI=1S/C19H28N2O4S/c1-5-16-11-14(3)15(4)12-18(16)25-13-19(22)21-9-7-17(8-10-21)20-26(23,24)6-2/h6,11-12,17,20H,2,5,7-10,13H2,1,3-4H3. The van der Waals surface area contributed by atoms with Crippen LogP contribution in [-0.2, 0) is 21.2 Å². The number of nitrogens with one attached hydrogen (secondary N) is 1. The molecule has 1 aliphatic rings. The van der Waals surface area contributed by atoms with Gasteiger partial charge in [0.2, 0.25) is 10.0 Å². The van der Waals surface area contributed by atoms with Gasteiger partial charge >= 0.3 is 0 Å². The zero-order chi connectivity index (χ0) is 19.3. The quantitative estimate of drug-likeness (QED) is 0.788. The van der Waals surface area contributed by atoms with Gasteiger partial charge in [0.1, 0.15) is 5.75 Å². The first kappa shape index (κ1) is 20.5. The Kier molecular flexibility index (Phi) is 6.83. The molecule has 6 nitrogen and oxygen atoms in total. The van der Waals surface area contributed by atoms with E-state index in [9.17, 15) is 13.2 Å². The summed E-state index contributed by atoms with van der Waals surface area (Å²) in [6.07, 6.45) is 2.02. The molecule has 0 saturated carbocycles. The summed E-state index contributed by atoms with van der Waals surface area (Å²) in [6.45, 7) is 10.5. The van der Waals surface area contributed by atoms with Crippen LogP contribution in [0.1, 0.15) is 36.5 Å². The summed E-state index contributed by atoms with van der Waals surface area (Å²) in [6, 6.07) is 3.93. The molecule has 1 N–H and O–H groups in total. The lowest BCUT2D eigenvalue weighted by Gasteiger charge is -2.32. The van der Waals surface area contributed by atoms with Crippen molar-refractivity contribution in [1.29, 1.82) is 0 Å². The van der Waals surface area contributed by atoms with Crippen molar-refractivity contribution < 1.29 is 17.9 Å². The minimum Gasteiger partial charge on any atom is -0.483 e. The molecule has 1 fully saturated rings. The van der Waals surface area contributed by atoms with Crippen molar-refractivity contribution in [2.24, 2.45) is 0 Å². The molecule has 7 heteroatoms. The van der Waals surface area contributed by atoms with Crippen molar-refractivity contribution >= 4 is 15.9 Å². The minimum absolute atomic E-state index is 0.00144. The molecule has 1 heterocycles. The van der Waals surface area contributed by atoms with E-state index in [2.05, 4.69) is 31.2 Å². The molecule has 26 heavy (non-hydrogen) atoms. The number of carbonyl (C=O) groups excluding carboxylic acids is 1. The van der Waals surface area contributed by atoms with Crippen LogP contribution >= 0.6 is 0 Å². The van der Waals surface area contributed by atoms with Gasteiger partial charge in [0, 0.05) is 24.5 Å². The number of rotatable bonds is 7. The van der Waals surface area contributed by atoms with Crippen LogP contribution in [0.15, 0.2) is 24.1 Å². The Bertz CT molecular complexity index is 766. The van der Waals surface area contributed by atoms with E-state index in [-0.39, 0.29) is 18.6 Å². The van der Waals surface area contributed by atoms with Crippen molar-refractivity contribution in [2.75, 3.05) is 19.7 Å². The second-order valence-electron chi connectivity index (χ2n) is 6.67. The van der Waals surface area contributed by atoms with Gasteiger partial charge in [0.15, 0.2) is 6.61 Å². The Hall–Kier alpha value is -1.86. The maximum atomic E-state index is 12.4. The van der Waals surface area contributed by atoms with E-state index >= 15 is 0 Å². The van der Waals surface area contributed by atoms with E-state index in [4.69, 9.17) is 4.74 Å². The van der Waals surface area contributed by atoms with E-state index in [1.54, 1.807) is 4.90 Å². The zero-order valence-electron chi connectivity index (χ0n) is 15.7. The van der Waals surface area contributed by atoms with Gasteiger partial charge in [0.05, 0.1) is 0 Å². The molecule has 1 aliphatic heterocycles. The van der Waals surface area contributed by atoms with E-state index in [0.717, 1.165) is 28.7 Å². The molecule has 1 aromatic carbocycles. The summed E-state index contributed by atoms with van der Waals surface area (Å²) in [4.78, 5) is 14.1. The van der Waals surface area contributed by atoms with Crippen LogP contribution in [0.25, 0.3) is 0 Å². The SMILES string of the molecule is C=CS(=O)(=O)NC1CCN(C(=O)COc2cc(C)c(C)cc2CC)CC1. The number of carbonyl (C=O) groups is 1. The lowest BCUT2D eigenvalue weighted by atomic mass is 10.0. The first-order valence-corrected chi connectivity index (χ1v) is 10.5. The lowest BCUT2D eigenvalue weighted by Crippen LogP contribution is -2.47. The predicted octanol–water partition coefficient (Wildman–Crippen LogP) is 2.30. The highest BCUT2D eigenvalue weighted by Gasteiger charge is 2.25. The number of benzene rings is 1. The number of hydrogen-bond donors (Lipinski definition) is 1. The Morgan fingerprint density at radius 3 is 2.50 bits per heavy atom. The van der Waals surface area contributed by atoms with Gasteiger partial charge in [-0.05, 0) is 55.9 Å². The van der Waals surface area contributed by atoms with Gasteiger partial charge in [-0.1, -0.05) is 19.6 Å². The topological polar surface area (TPSA) is 75.7 Å². The van der Waals surface area contributed by atoms with Gasteiger partial charge in [-0.2, -0.15) is 0 Å². The summed E-state index contributed by atoms with van der Waals surface area (Å²) in [5.74, 6) is 0.688. The van der Waals surface area contributed by atoms with Crippen LogP contribution in [0.2, 0.25) is 0 Å². The largest absolute Gasteiger partial charge is 0.483 e. The van der Waals surface area contributed by atoms with Gasteiger partial charge in [0.25, 0.3) is 5.91 Å². The lowest BCUT2D eigenvalue weighted by molar-refractivity contribution is -0.134. The van der Waals surface area contributed by atoms with Gasteiger partial charge in [-0.3, -0.25) is 4.79 Å². The highest BCUT2D eigenvalue weighted by Crippen LogP contribution is 2.24. The second kappa shape index (κ2) is 8.68. The molecule has 0 aliphatic carbocycles. The van der Waals surface area contributed by atoms with Crippen LogP contribution in [-0.4, -0.2) is 45.0 Å². The van der Waals surface area contributed by atoms with Gasteiger partial charge in [-0.25, -0.2) is 13.1 Å². The molecule has 0 radical (unpaired) electrons. The number of ether oxygens (including phenoxy) is 1. The summed E-state index contributed by atoms with van der Waals surface area (Å²) in [5.41, 5.74) is 3.45. The third-order valence-corrected chi connectivity index (χ3v) is 5.91. The van der Waals surface area contributed by atoms with Crippen LogP contribution in [0.5, 0.6) is 5.75 Å². The fraction of sp³-hybridized carbons (Fsp3) is 0.526. The predicted molar refractivity (Wildman–Crippen MR) is 103 cm³/mol. The molecule has 2 rings (SSSR count). The fourth-order valence-electron chi connectivity index (χ4n) is 3.02. The molecule has 144 valence electrons. The molecule has 1 aromatic rings. The minimum atomic E-state index is -3.43. The Morgan fingerprint density at radius 2 is 1.92 bits per heavy atom. The molecular formula is C19H28N2O4S. The van der Waals surface area contributed by atoms with E-state index < -0.39 is 10.0 Å². The summed E-state index contributed by atoms with van der Waals surface area (Å²) in [5, 5.41) is 0.910. The molecule has 1 amide bonds. The summed E-state index contributed by atoms with van der Waals surface area (Å²) >= 11 is 0.